The Hall–Kier alpha value is -2.86. The monoisotopic (exact) mass is 447 g/mol. The molecule has 2 saturated heterocycles. The minimum Gasteiger partial charge on any atom is -0.490 e. The van der Waals surface area contributed by atoms with Gasteiger partial charge in [-0.3, -0.25) is 9.48 Å². The van der Waals surface area contributed by atoms with Crippen LogP contribution in [0.15, 0.2) is 42.6 Å². The number of nitrogens with one attached hydrogen (secondary N) is 1. The molecule has 174 valence electrons. The van der Waals surface area contributed by atoms with Crippen LogP contribution in [0.25, 0.3) is 22.0 Å². The van der Waals surface area contributed by atoms with Gasteiger partial charge in [0.1, 0.15) is 11.9 Å². The van der Waals surface area contributed by atoms with Gasteiger partial charge in [0.25, 0.3) is 0 Å². The summed E-state index contributed by atoms with van der Waals surface area (Å²) in [5, 5.41) is 8.55. The molecule has 0 aliphatic carbocycles. The van der Waals surface area contributed by atoms with Crippen molar-refractivity contribution >= 4 is 16.8 Å². The zero-order valence-corrected chi connectivity index (χ0v) is 19.5. The Morgan fingerprint density at radius 2 is 2.03 bits per heavy atom. The van der Waals surface area contributed by atoms with Gasteiger partial charge in [0.15, 0.2) is 0 Å². The zero-order chi connectivity index (χ0) is 22.8. The molecule has 0 radical (unpaired) electrons. The standard InChI is InChI=1S/C27H33N3O3/c1-18(23-15-27(31)28-16-23)33-26-14-22(13-25-24(26)17-30(2)29-25)21-7-5-20(6-8-21)12-19-4-3-10-32-11-9-19/h5-8,13-14,17-19,23H,3-4,9-12,15-16H2,1-2H3,(H,28,31). The number of hydrogen-bond donors (Lipinski definition) is 1. The Bertz CT molecular complexity index is 1110. The molecule has 2 aliphatic rings. The van der Waals surface area contributed by atoms with Crippen molar-refractivity contribution in [2.75, 3.05) is 19.8 Å². The van der Waals surface area contributed by atoms with Crippen LogP contribution in [-0.4, -0.2) is 41.6 Å². The first-order valence-electron chi connectivity index (χ1n) is 12.1. The van der Waals surface area contributed by atoms with Gasteiger partial charge in [-0.2, -0.15) is 5.10 Å². The second kappa shape index (κ2) is 9.56. The van der Waals surface area contributed by atoms with Crippen molar-refractivity contribution in [2.45, 2.75) is 45.1 Å². The van der Waals surface area contributed by atoms with E-state index in [2.05, 4.69) is 46.8 Å². The molecular formula is C27H33N3O3. The van der Waals surface area contributed by atoms with Crippen LogP contribution < -0.4 is 10.1 Å². The van der Waals surface area contributed by atoms with E-state index < -0.39 is 0 Å². The van der Waals surface area contributed by atoms with Crippen molar-refractivity contribution < 1.29 is 14.3 Å². The second-order valence-electron chi connectivity index (χ2n) is 9.61. The molecule has 2 fully saturated rings. The van der Waals surface area contributed by atoms with E-state index >= 15 is 0 Å². The van der Waals surface area contributed by atoms with Gasteiger partial charge in [0.2, 0.25) is 5.91 Å². The van der Waals surface area contributed by atoms with E-state index in [0.717, 1.165) is 53.8 Å². The number of rotatable bonds is 6. The molecule has 6 heteroatoms. The molecule has 0 saturated carbocycles. The smallest absolute Gasteiger partial charge is 0.220 e. The van der Waals surface area contributed by atoms with Crippen molar-refractivity contribution in [2.24, 2.45) is 18.9 Å². The van der Waals surface area contributed by atoms with E-state index in [1.807, 2.05) is 24.9 Å². The van der Waals surface area contributed by atoms with Crippen LogP contribution >= 0.6 is 0 Å². The SMILES string of the molecule is CC(Oc1cc(-c2ccc(CC3CCCOCC3)cc2)cc2nn(C)cc12)C1CNC(=O)C1. The molecular weight excluding hydrogens is 414 g/mol. The highest BCUT2D eigenvalue weighted by atomic mass is 16.5. The van der Waals surface area contributed by atoms with Crippen LogP contribution in [-0.2, 0) is 23.0 Å². The Morgan fingerprint density at radius 1 is 1.18 bits per heavy atom. The number of benzene rings is 2. The lowest BCUT2D eigenvalue weighted by Crippen LogP contribution is -2.25. The highest BCUT2D eigenvalue weighted by Gasteiger charge is 2.28. The summed E-state index contributed by atoms with van der Waals surface area (Å²) in [4.78, 5) is 11.6. The maximum absolute atomic E-state index is 11.6. The average Bonchev–Trinajstić information content (AvgIpc) is 3.31. The molecule has 6 nitrogen and oxygen atoms in total. The summed E-state index contributed by atoms with van der Waals surface area (Å²) in [5.74, 6) is 1.82. The fourth-order valence-electron chi connectivity index (χ4n) is 5.07. The maximum atomic E-state index is 11.6. The molecule has 1 aromatic heterocycles. The number of aromatic nitrogens is 2. The molecule has 0 spiro atoms. The van der Waals surface area contributed by atoms with Crippen molar-refractivity contribution in [1.82, 2.24) is 15.1 Å². The molecule has 33 heavy (non-hydrogen) atoms. The van der Waals surface area contributed by atoms with Crippen LogP contribution in [0.3, 0.4) is 0 Å². The van der Waals surface area contributed by atoms with E-state index in [0.29, 0.717) is 18.9 Å². The number of ether oxygens (including phenoxy) is 2. The minimum absolute atomic E-state index is 0.0615. The minimum atomic E-state index is -0.0615. The lowest BCUT2D eigenvalue weighted by molar-refractivity contribution is -0.119. The van der Waals surface area contributed by atoms with Gasteiger partial charge < -0.3 is 14.8 Å². The summed E-state index contributed by atoms with van der Waals surface area (Å²) in [6.45, 7) is 4.51. The Morgan fingerprint density at radius 3 is 2.82 bits per heavy atom. The van der Waals surface area contributed by atoms with Crippen molar-refractivity contribution in [3.05, 3.63) is 48.2 Å². The summed E-state index contributed by atoms with van der Waals surface area (Å²) >= 11 is 0. The molecule has 3 atom stereocenters. The molecule has 2 aliphatic heterocycles. The Kier molecular flexibility index (Phi) is 6.36. The highest BCUT2D eigenvalue weighted by Crippen LogP contribution is 2.34. The summed E-state index contributed by atoms with van der Waals surface area (Å²) in [7, 11) is 1.93. The van der Waals surface area contributed by atoms with Gasteiger partial charge in [0, 0.05) is 45.3 Å². The van der Waals surface area contributed by atoms with Crippen LogP contribution in [0.5, 0.6) is 5.75 Å². The molecule has 1 N–H and O–H groups in total. The summed E-state index contributed by atoms with van der Waals surface area (Å²) in [6, 6.07) is 13.2. The first-order chi connectivity index (χ1) is 16.0. The summed E-state index contributed by atoms with van der Waals surface area (Å²) in [6.07, 6.45) is 7.14. The maximum Gasteiger partial charge on any atom is 0.220 e. The fourth-order valence-corrected chi connectivity index (χ4v) is 5.07. The summed E-state index contributed by atoms with van der Waals surface area (Å²) in [5.41, 5.74) is 4.55. The normalized spacial score (nSPS) is 22.2. The number of hydrogen-bond acceptors (Lipinski definition) is 4. The quantitative estimate of drug-likeness (QED) is 0.604. The number of amides is 1. The molecule has 3 aromatic rings. The van der Waals surface area contributed by atoms with E-state index in [1.54, 1.807) is 0 Å². The highest BCUT2D eigenvalue weighted by molar-refractivity contribution is 5.90. The van der Waals surface area contributed by atoms with E-state index in [1.165, 1.54) is 18.4 Å². The average molecular weight is 448 g/mol. The first kappa shape index (κ1) is 22.0. The molecule has 1 amide bonds. The third-order valence-electron chi connectivity index (χ3n) is 7.07. The molecule has 5 rings (SSSR count). The zero-order valence-electron chi connectivity index (χ0n) is 19.5. The van der Waals surface area contributed by atoms with Crippen molar-refractivity contribution in [3.63, 3.8) is 0 Å². The van der Waals surface area contributed by atoms with Gasteiger partial charge in [-0.25, -0.2) is 0 Å². The number of carbonyl (C=O) groups is 1. The number of fused-ring (bicyclic) bond motifs is 1. The van der Waals surface area contributed by atoms with Gasteiger partial charge in [-0.15, -0.1) is 0 Å². The predicted octanol–water partition coefficient (Wildman–Crippen LogP) is 4.50. The van der Waals surface area contributed by atoms with Crippen LogP contribution in [0, 0.1) is 11.8 Å². The number of aryl methyl sites for hydroxylation is 1. The lowest BCUT2D eigenvalue weighted by atomic mass is 9.92. The Balaban J connectivity index is 1.38. The van der Waals surface area contributed by atoms with Gasteiger partial charge in [-0.1, -0.05) is 24.3 Å². The third kappa shape index (κ3) is 5.06. The lowest BCUT2D eigenvalue weighted by Gasteiger charge is -2.20. The Labute approximate surface area is 195 Å². The number of nitrogens with zero attached hydrogens (tertiary/aromatic N) is 2. The number of carbonyl (C=O) groups excluding carboxylic acids is 1. The van der Waals surface area contributed by atoms with Crippen molar-refractivity contribution in [1.29, 1.82) is 0 Å². The first-order valence-corrected chi connectivity index (χ1v) is 12.1. The van der Waals surface area contributed by atoms with Crippen LogP contribution in [0.2, 0.25) is 0 Å². The molecule has 2 aromatic carbocycles. The van der Waals surface area contributed by atoms with Gasteiger partial charge in [0.05, 0.1) is 10.9 Å². The third-order valence-corrected chi connectivity index (χ3v) is 7.07. The van der Waals surface area contributed by atoms with Crippen LogP contribution in [0.4, 0.5) is 0 Å². The van der Waals surface area contributed by atoms with E-state index in [-0.39, 0.29) is 17.9 Å². The van der Waals surface area contributed by atoms with E-state index in [9.17, 15) is 4.79 Å². The van der Waals surface area contributed by atoms with Crippen LogP contribution in [0.1, 0.15) is 38.2 Å². The molecule has 3 unspecified atom stereocenters. The summed E-state index contributed by atoms with van der Waals surface area (Å²) < 4.78 is 13.9. The topological polar surface area (TPSA) is 65.4 Å². The largest absolute Gasteiger partial charge is 0.490 e. The fraction of sp³-hybridized carbons (Fsp3) is 0.481. The molecule has 3 heterocycles. The predicted molar refractivity (Wildman–Crippen MR) is 129 cm³/mol. The second-order valence-corrected chi connectivity index (χ2v) is 9.61. The van der Waals surface area contributed by atoms with Gasteiger partial charge in [-0.05, 0) is 67.3 Å². The van der Waals surface area contributed by atoms with Crippen molar-refractivity contribution in [3.8, 4) is 16.9 Å². The van der Waals surface area contributed by atoms with E-state index in [4.69, 9.17) is 9.47 Å². The van der Waals surface area contributed by atoms with Gasteiger partial charge >= 0.3 is 0 Å². The molecule has 0 bridgehead atoms.